The minimum atomic E-state index is -4.68. The average molecular weight is 332 g/mol. The molecular formula is C16H23F3N2O2. The minimum Gasteiger partial charge on any atom is -0.406 e. The molecule has 7 heteroatoms. The van der Waals surface area contributed by atoms with Crippen molar-refractivity contribution in [3.8, 4) is 5.75 Å². The Kier molecular flexibility index (Phi) is 6.26. The Morgan fingerprint density at radius 1 is 1.30 bits per heavy atom. The summed E-state index contributed by atoms with van der Waals surface area (Å²) in [5.74, 6) is -0.206. The smallest absolute Gasteiger partial charge is 0.406 e. The number of piperidine rings is 1. The van der Waals surface area contributed by atoms with Gasteiger partial charge in [-0.25, -0.2) is 0 Å². The summed E-state index contributed by atoms with van der Waals surface area (Å²) < 4.78 is 40.9. The van der Waals surface area contributed by atoms with Crippen LogP contribution in [0.3, 0.4) is 0 Å². The van der Waals surface area contributed by atoms with Crippen LogP contribution in [0.15, 0.2) is 24.3 Å². The Morgan fingerprint density at radius 3 is 2.61 bits per heavy atom. The van der Waals surface area contributed by atoms with Gasteiger partial charge in [-0.2, -0.15) is 0 Å². The first-order valence-corrected chi connectivity index (χ1v) is 7.75. The summed E-state index contributed by atoms with van der Waals surface area (Å²) in [5, 5.41) is 9.28. The van der Waals surface area contributed by atoms with Crippen LogP contribution in [0.25, 0.3) is 0 Å². The number of hydrogen-bond acceptors (Lipinski definition) is 4. The van der Waals surface area contributed by atoms with Crippen LogP contribution in [-0.2, 0) is 6.54 Å². The molecule has 0 radical (unpaired) electrons. The molecule has 1 aromatic rings. The van der Waals surface area contributed by atoms with Crippen LogP contribution in [0.5, 0.6) is 5.75 Å². The lowest BCUT2D eigenvalue weighted by Gasteiger charge is -2.37. The Balaban J connectivity index is 2.03. The van der Waals surface area contributed by atoms with Gasteiger partial charge >= 0.3 is 6.36 Å². The summed E-state index contributed by atoms with van der Waals surface area (Å²) in [7, 11) is 2.07. The third-order valence-corrected chi connectivity index (χ3v) is 4.11. The number of ether oxygens (including phenoxy) is 1. The Morgan fingerprint density at radius 2 is 2.00 bits per heavy atom. The molecule has 130 valence electrons. The molecule has 4 nitrogen and oxygen atoms in total. The fraction of sp³-hybridized carbons (Fsp3) is 0.625. The third kappa shape index (κ3) is 6.01. The van der Waals surface area contributed by atoms with Crippen LogP contribution < -0.4 is 4.74 Å². The van der Waals surface area contributed by atoms with Crippen molar-refractivity contribution < 1.29 is 23.0 Å². The number of rotatable bonds is 6. The molecule has 1 heterocycles. The fourth-order valence-corrected chi connectivity index (χ4v) is 2.95. The first kappa shape index (κ1) is 18.0. The van der Waals surface area contributed by atoms with Crippen molar-refractivity contribution in [2.24, 2.45) is 0 Å². The monoisotopic (exact) mass is 332 g/mol. The molecule has 1 N–H and O–H groups in total. The molecule has 0 saturated carbocycles. The number of aliphatic hydroxyl groups excluding tert-OH is 1. The molecule has 1 aliphatic rings. The lowest BCUT2D eigenvalue weighted by atomic mass is 10.0. The van der Waals surface area contributed by atoms with Gasteiger partial charge in [-0.1, -0.05) is 12.1 Å². The number of hydrogen-bond donors (Lipinski definition) is 1. The highest BCUT2D eigenvalue weighted by Crippen LogP contribution is 2.25. The van der Waals surface area contributed by atoms with Crippen LogP contribution in [0.2, 0.25) is 0 Å². The highest BCUT2D eigenvalue weighted by atomic mass is 19.4. The predicted molar refractivity (Wildman–Crippen MR) is 81.1 cm³/mol. The molecule has 1 saturated heterocycles. The van der Waals surface area contributed by atoms with Crippen LogP contribution in [0, 0.1) is 0 Å². The molecule has 0 unspecified atom stereocenters. The van der Waals surface area contributed by atoms with Crippen molar-refractivity contribution in [2.45, 2.75) is 31.8 Å². The van der Waals surface area contributed by atoms with Gasteiger partial charge in [0.25, 0.3) is 0 Å². The third-order valence-electron chi connectivity index (χ3n) is 4.11. The maximum atomic E-state index is 12.3. The molecule has 1 aromatic carbocycles. The van der Waals surface area contributed by atoms with Gasteiger partial charge in [0.15, 0.2) is 0 Å². The zero-order valence-corrected chi connectivity index (χ0v) is 13.2. The largest absolute Gasteiger partial charge is 0.573 e. The van der Waals surface area contributed by atoms with E-state index in [9.17, 15) is 18.3 Å². The van der Waals surface area contributed by atoms with Crippen molar-refractivity contribution >= 4 is 0 Å². The van der Waals surface area contributed by atoms with E-state index in [1.165, 1.54) is 12.1 Å². The summed E-state index contributed by atoms with van der Waals surface area (Å²) in [4.78, 5) is 4.39. The standard InChI is InChI=1S/C16H23F3N2O2/c1-20-7-5-14(6-8-20)21(9-10-22)12-13-3-2-4-15(11-13)23-16(17,18)19/h2-4,11,14,22H,5-10,12H2,1H3. The second kappa shape index (κ2) is 7.99. The molecular weight excluding hydrogens is 309 g/mol. The maximum absolute atomic E-state index is 12.3. The van der Waals surface area contributed by atoms with E-state index in [0.717, 1.165) is 31.5 Å². The van der Waals surface area contributed by atoms with E-state index in [0.29, 0.717) is 19.1 Å². The molecule has 1 aliphatic heterocycles. The van der Waals surface area contributed by atoms with Crippen molar-refractivity contribution in [3.63, 3.8) is 0 Å². The van der Waals surface area contributed by atoms with E-state index >= 15 is 0 Å². The number of likely N-dealkylation sites (tertiary alicyclic amines) is 1. The van der Waals surface area contributed by atoms with E-state index < -0.39 is 6.36 Å². The molecule has 0 aromatic heterocycles. The minimum absolute atomic E-state index is 0.0328. The average Bonchev–Trinajstić information content (AvgIpc) is 2.46. The fourth-order valence-electron chi connectivity index (χ4n) is 2.95. The molecule has 0 aliphatic carbocycles. The van der Waals surface area contributed by atoms with E-state index in [4.69, 9.17) is 0 Å². The van der Waals surface area contributed by atoms with Gasteiger partial charge in [-0.15, -0.1) is 13.2 Å². The molecule has 0 amide bonds. The van der Waals surface area contributed by atoms with Gasteiger partial charge in [0, 0.05) is 19.1 Å². The quantitative estimate of drug-likeness (QED) is 0.868. The van der Waals surface area contributed by atoms with Gasteiger partial charge in [0.05, 0.1) is 6.61 Å². The maximum Gasteiger partial charge on any atom is 0.573 e. The number of alkyl halides is 3. The summed E-state index contributed by atoms with van der Waals surface area (Å²) in [6.45, 7) is 3.03. The van der Waals surface area contributed by atoms with Gasteiger partial charge in [0.2, 0.25) is 0 Å². The Labute approximate surface area is 134 Å². The summed E-state index contributed by atoms with van der Waals surface area (Å²) in [5.41, 5.74) is 0.749. The van der Waals surface area contributed by atoms with Crippen molar-refractivity contribution in [1.29, 1.82) is 0 Å². The lowest BCUT2D eigenvalue weighted by Crippen LogP contribution is -2.44. The zero-order valence-electron chi connectivity index (χ0n) is 13.2. The summed E-state index contributed by atoms with van der Waals surface area (Å²) in [6, 6.07) is 6.38. The van der Waals surface area contributed by atoms with Crippen LogP contribution >= 0.6 is 0 Å². The molecule has 0 spiro atoms. The van der Waals surface area contributed by atoms with Crippen LogP contribution in [0.4, 0.5) is 13.2 Å². The van der Waals surface area contributed by atoms with Gasteiger partial charge in [-0.3, -0.25) is 4.90 Å². The Hall–Kier alpha value is -1.31. The first-order chi connectivity index (χ1) is 10.9. The van der Waals surface area contributed by atoms with Crippen LogP contribution in [-0.4, -0.2) is 60.6 Å². The molecule has 1 fully saturated rings. The van der Waals surface area contributed by atoms with Gasteiger partial charge in [-0.05, 0) is 50.7 Å². The summed E-state index contributed by atoms with van der Waals surface area (Å²) in [6.07, 6.45) is -2.69. The lowest BCUT2D eigenvalue weighted by molar-refractivity contribution is -0.274. The molecule has 23 heavy (non-hydrogen) atoms. The normalized spacial score (nSPS) is 17.7. The van der Waals surface area contributed by atoms with Crippen molar-refractivity contribution in [2.75, 3.05) is 33.3 Å². The van der Waals surface area contributed by atoms with Gasteiger partial charge in [0.1, 0.15) is 5.75 Å². The van der Waals surface area contributed by atoms with Crippen molar-refractivity contribution in [3.05, 3.63) is 29.8 Å². The second-order valence-corrected chi connectivity index (χ2v) is 5.92. The van der Waals surface area contributed by atoms with E-state index in [1.54, 1.807) is 12.1 Å². The SMILES string of the molecule is CN1CCC(N(CCO)Cc2cccc(OC(F)(F)F)c2)CC1. The predicted octanol–water partition coefficient (Wildman–Crippen LogP) is 2.47. The summed E-state index contributed by atoms with van der Waals surface area (Å²) >= 11 is 0. The number of halogens is 3. The first-order valence-electron chi connectivity index (χ1n) is 7.75. The van der Waals surface area contributed by atoms with Crippen molar-refractivity contribution in [1.82, 2.24) is 9.80 Å². The zero-order chi connectivity index (χ0) is 16.9. The highest BCUT2D eigenvalue weighted by Gasteiger charge is 2.31. The second-order valence-electron chi connectivity index (χ2n) is 5.92. The topological polar surface area (TPSA) is 35.9 Å². The van der Waals surface area contributed by atoms with E-state index in [-0.39, 0.29) is 12.4 Å². The molecule has 0 bridgehead atoms. The number of aliphatic hydroxyl groups is 1. The number of benzene rings is 1. The van der Waals surface area contributed by atoms with E-state index in [2.05, 4.69) is 21.6 Å². The van der Waals surface area contributed by atoms with E-state index in [1.807, 2.05) is 0 Å². The molecule has 2 rings (SSSR count). The molecule has 0 atom stereocenters. The highest BCUT2D eigenvalue weighted by molar-refractivity contribution is 5.28. The Bertz CT molecular complexity index is 488. The number of nitrogens with zero attached hydrogens (tertiary/aromatic N) is 2. The van der Waals surface area contributed by atoms with Gasteiger partial charge < -0.3 is 14.7 Å². The van der Waals surface area contributed by atoms with Crippen LogP contribution in [0.1, 0.15) is 18.4 Å².